The van der Waals surface area contributed by atoms with E-state index in [2.05, 4.69) is 39.8 Å². The van der Waals surface area contributed by atoms with Crippen LogP contribution in [0.1, 0.15) is 13.3 Å². The van der Waals surface area contributed by atoms with Gasteiger partial charge in [0.05, 0.1) is 0 Å². The highest BCUT2D eigenvalue weighted by Crippen LogP contribution is 2.34. The van der Waals surface area contributed by atoms with E-state index < -0.39 is 9.76 Å². The Morgan fingerprint density at radius 1 is 0.867 bits per heavy atom. The molecular formula is C24H29N3O2Si. The zero-order valence-corrected chi connectivity index (χ0v) is 18.8. The van der Waals surface area contributed by atoms with Gasteiger partial charge in [0.25, 0.3) is 0 Å². The minimum atomic E-state index is -0.424. The number of amides is 2. The zero-order valence-electron chi connectivity index (χ0n) is 17.4. The average molecular weight is 420 g/mol. The van der Waals surface area contributed by atoms with Crippen LogP contribution in [0.5, 0.6) is 0 Å². The van der Waals surface area contributed by atoms with Gasteiger partial charge >= 0.3 is 6.03 Å². The van der Waals surface area contributed by atoms with Crippen molar-refractivity contribution >= 4 is 38.5 Å². The van der Waals surface area contributed by atoms with E-state index in [1.54, 1.807) is 0 Å². The molecule has 2 amide bonds. The molecule has 0 aliphatic carbocycles. The van der Waals surface area contributed by atoms with Crippen molar-refractivity contribution in [2.45, 2.75) is 19.4 Å². The maximum absolute atomic E-state index is 12.1. The number of carbonyl (C=O) groups excluding carboxylic acids is 1. The highest BCUT2D eigenvalue weighted by atomic mass is 28.2. The van der Waals surface area contributed by atoms with Gasteiger partial charge < -0.3 is 20.0 Å². The molecule has 6 heteroatoms. The fraction of sp³-hybridized carbons (Fsp3) is 0.208. The van der Waals surface area contributed by atoms with E-state index in [9.17, 15) is 4.79 Å². The van der Waals surface area contributed by atoms with Crippen LogP contribution in [0.15, 0.2) is 84.9 Å². The molecule has 3 aromatic rings. The molecule has 0 fully saturated rings. The smallest absolute Gasteiger partial charge is 0.319 e. The third kappa shape index (κ3) is 6.47. The molecule has 0 heterocycles. The number of para-hydroxylation sites is 2. The van der Waals surface area contributed by atoms with Gasteiger partial charge in [-0.05, 0) is 67.9 Å². The van der Waals surface area contributed by atoms with Gasteiger partial charge in [-0.2, -0.15) is 0 Å². The van der Waals surface area contributed by atoms with Crippen LogP contribution in [-0.4, -0.2) is 28.9 Å². The number of carbonyl (C=O) groups is 1. The molecule has 0 aliphatic rings. The lowest BCUT2D eigenvalue weighted by Gasteiger charge is -2.25. The second-order valence-corrected chi connectivity index (χ2v) is 8.36. The van der Waals surface area contributed by atoms with Crippen molar-refractivity contribution in [3.05, 3.63) is 84.9 Å². The summed E-state index contributed by atoms with van der Waals surface area (Å²) in [6.45, 7) is 3.48. The number of nitrogens with one attached hydrogen (secondary N) is 2. The molecule has 3 aromatic carbocycles. The van der Waals surface area contributed by atoms with Crippen LogP contribution in [0.25, 0.3) is 0 Å². The SMILES string of the molecule is CCO[SiH2]CCCNC(=O)Nc1ccc(N(c2ccccc2)c2ccccc2)cc1. The fourth-order valence-corrected chi connectivity index (χ4v) is 4.09. The Balaban J connectivity index is 1.62. The van der Waals surface area contributed by atoms with Gasteiger partial charge in [-0.15, -0.1) is 0 Å². The molecule has 0 unspecified atom stereocenters. The number of benzene rings is 3. The lowest BCUT2D eigenvalue weighted by atomic mass is 10.2. The summed E-state index contributed by atoms with van der Waals surface area (Å²) >= 11 is 0. The van der Waals surface area contributed by atoms with Crippen LogP contribution in [0.4, 0.5) is 27.5 Å². The number of hydrogen-bond acceptors (Lipinski definition) is 3. The summed E-state index contributed by atoms with van der Waals surface area (Å²) in [5, 5.41) is 5.80. The summed E-state index contributed by atoms with van der Waals surface area (Å²) in [7, 11) is -0.424. The first-order valence-electron chi connectivity index (χ1n) is 10.4. The lowest BCUT2D eigenvalue weighted by Crippen LogP contribution is -2.29. The van der Waals surface area contributed by atoms with Gasteiger partial charge in [0.15, 0.2) is 9.76 Å². The van der Waals surface area contributed by atoms with Crippen LogP contribution in [0.3, 0.4) is 0 Å². The van der Waals surface area contributed by atoms with Crippen molar-refractivity contribution in [2.75, 3.05) is 23.4 Å². The Labute approximate surface area is 181 Å². The fourth-order valence-electron chi connectivity index (χ4n) is 3.15. The highest BCUT2D eigenvalue weighted by molar-refractivity contribution is 6.26. The lowest BCUT2D eigenvalue weighted by molar-refractivity contribution is 0.252. The van der Waals surface area contributed by atoms with Crippen molar-refractivity contribution in [1.29, 1.82) is 0 Å². The van der Waals surface area contributed by atoms with E-state index in [0.29, 0.717) is 6.54 Å². The third-order valence-corrected chi connectivity index (χ3v) is 6.10. The van der Waals surface area contributed by atoms with Crippen LogP contribution in [0.2, 0.25) is 6.04 Å². The highest BCUT2D eigenvalue weighted by Gasteiger charge is 2.11. The van der Waals surface area contributed by atoms with E-state index in [4.69, 9.17) is 4.43 Å². The summed E-state index contributed by atoms with van der Waals surface area (Å²) in [5.41, 5.74) is 3.95. The molecule has 3 rings (SSSR count). The van der Waals surface area contributed by atoms with Gasteiger partial charge in [-0.3, -0.25) is 0 Å². The van der Waals surface area contributed by atoms with Gasteiger partial charge in [0, 0.05) is 35.9 Å². The quantitative estimate of drug-likeness (QED) is 0.350. The first-order valence-corrected chi connectivity index (χ1v) is 12.0. The van der Waals surface area contributed by atoms with E-state index in [1.807, 2.05) is 67.6 Å². The Morgan fingerprint density at radius 2 is 1.43 bits per heavy atom. The zero-order chi connectivity index (χ0) is 21.0. The monoisotopic (exact) mass is 419 g/mol. The summed E-state index contributed by atoms with van der Waals surface area (Å²) in [6, 6.07) is 29.3. The Kier molecular flexibility index (Phi) is 8.50. The topological polar surface area (TPSA) is 53.6 Å². The van der Waals surface area contributed by atoms with Gasteiger partial charge in [-0.25, -0.2) is 4.79 Å². The largest absolute Gasteiger partial charge is 0.424 e. The molecule has 5 nitrogen and oxygen atoms in total. The van der Waals surface area contributed by atoms with Gasteiger partial charge in [0.2, 0.25) is 0 Å². The molecule has 0 aliphatic heterocycles. The number of nitrogens with zero attached hydrogens (tertiary/aromatic N) is 1. The van der Waals surface area contributed by atoms with Gasteiger partial charge in [0.1, 0.15) is 0 Å². The van der Waals surface area contributed by atoms with Crippen molar-refractivity contribution in [3.8, 4) is 0 Å². The van der Waals surface area contributed by atoms with Crippen molar-refractivity contribution in [1.82, 2.24) is 5.32 Å². The normalized spacial score (nSPS) is 10.8. The summed E-state index contributed by atoms with van der Waals surface area (Å²) in [6.07, 6.45) is 0.960. The van der Waals surface area contributed by atoms with Gasteiger partial charge in [-0.1, -0.05) is 36.4 Å². The molecule has 156 valence electrons. The van der Waals surface area contributed by atoms with Crippen molar-refractivity contribution in [2.24, 2.45) is 0 Å². The summed E-state index contributed by atoms with van der Waals surface area (Å²) in [5.74, 6) is 0. The molecule has 0 bridgehead atoms. The molecule has 2 N–H and O–H groups in total. The van der Waals surface area contributed by atoms with Crippen LogP contribution >= 0.6 is 0 Å². The molecule has 0 saturated heterocycles. The number of anilines is 4. The third-order valence-electron chi connectivity index (χ3n) is 4.62. The average Bonchev–Trinajstić information content (AvgIpc) is 2.79. The predicted molar refractivity (Wildman–Crippen MR) is 128 cm³/mol. The molecule has 0 spiro atoms. The number of urea groups is 1. The first-order chi connectivity index (χ1) is 14.8. The van der Waals surface area contributed by atoms with E-state index in [1.165, 1.54) is 0 Å². The Bertz CT molecular complexity index is 850. The van der Waals surface area contributed by atoms with E-state index >= 15 is 0 Å². The number of hydrogen-bond donors (Lipinski definition) is 2. The number of rotatable bonds is 10. The maximum Gasteiger partial charge on any atom is 0.319 e. The standard InChI is InChI=1S/C24H29N3O2Si/c1-2-29-30-19-9-18-25-24(28)26-20-14-16-23(17-15-20)27(21-10-5-3-6-11-21)22-12-7-4-8-13-22/h3-8,10-17H,2,9,18-19,30H2,1H3,(H2,25,26,28). The second-order valence-electron chi connectivity index (χ2n) is 6.84. The minimum absolute atomic E-state index is 0.177. The van der Waals surface area contributed by atoms with Crippen LogP contribution < -0.4 is 15.5 Å². The molecule has 0 saturated carbocycles. The first kappa shape index (κ1) is 21.6. The second kappa shape index (κ2) is 11.8. The van der Waals surface area contributed by atoms with Crippen molar-refractivity contribution in [3.63, 3.8) is 0 Å². The Morgan fingerprint density at radius 3 is 2.00 bits per heavy atom. The van der Waals surface area contributed by atoms with E-state index in [-0.39, 0.29) is 6.03 Å². The summed E-state index contributed by atoms with van der Waals surface area (Å²) in [4.78, 5) is 14.3. The van der Waals surface area contributed by atoms with Crippen LogP contribution in [-0.2, 0) is 4.43 Å². The molecule has 30 heavy (non-hydrogen) atoms. The molecular weight excluding hydrogens is 390 g/mol. The molecule has 0 atom stereocenters. The maximum atomic E-state index is 12.1. The molecule has 0 aromatic heterocycles. The minimum Gasteiger partial charge on any atom is -0.424 e. The summed E-state index contributed by atoms with van der Waals surface area (Å²) < 4.78 is 5.44. The van der Waals surface area contributed by atoms with Crippen molar-refractivity contribution < 1.29 is 9.22 Å². The van der Waals surface area contributed by atoms with E-state index in [0.717, 1.165) is 41.8 Å². The molecule has 0 radical (unpaired) electrons. The Hall–Kier alpha value is -3.09. The predicted octanol–water partition coefficient (Wildman–Crippen LogP) is 5.21. The van der Waals surface area contributed by atoms with Crippen LogP contribution in [0, 0.1) is 0 Å².